The molecule has 3 rings (SSSR count). The molecule has 28 heavy (non-hydrogen) atoms. The predicted molar refractivity (Wildman–Crippen MR) is 114 cm³/mol. The van der Waals surface area contributed by atoms with Crippen LogP contribution >= 0.6 is 34.4 Å². The summed E-state index contributed by atoms with van der Waals surface area (Å²) in [6.07, 6.45) is 0. The van der Waals surface area contributed by atoms with Gasteiger partial charge in [-0.25, -0.2) is 13.1 Å². The zero-order chi connectivity index (χ0) is 20.3. The number of amides is 1. The molecular weight excluding hydrogens is 436 g/mol. The van der Waals surface area contributed by atoms with Crippen molar-refractivity contribution in [1.29, 1.82) is 0 Å². The minimum absolute atomic E-state index is 0.0876. The Bertz CT molecular complexity index is 1090. The van der Waals surface area contributed by atoms with Crippen molar-refractivity contribution < 1.29 is 13.2 Å². The van der Waals surface area contributed by atoms with Gasteiger partial charge in [0.2, 0.25) is 15.2 Å². The van der Waals surface area contributed by atoms with E-state index in [1.54, 1.807) is 43.0 Å². The number of hydrogen-bond acceptors (Lipinski definition) is 8. The van der Waals surface area contributed by atoms with Gasteiger partial charge in [-0.15, -0.1) is 21.5 Å². The smallest absolute Gasteiger partial charge is 0.257 e. The number of carbonyl (C=O) groups is 1. The van der Waals surface area contributed by atoms with E-state index in [0.717, 1.165) is 10.1 Å². The number of sulfonamides is 1. The third-order valence-corrected chi connectivity index (χ3v) is 8.61. The Morgan fingerprint density at radius 2 is 2.04 bits per heavy atom. The number of thioether (sulfide) groups is 1. The second-order valence-electron chi connectivity index (χ2n) is 5.82. The van der Waals surface area contributed by atoms with Gasteiger partial charge in [-0.05, 0) is 55.6 Å². The average molecular weight is 455 g/mol. The summed E-state index contributed by atoms with van der Waals surface area (Å²) < 4.78 is 27.5. The highest BCUT2D eigenvalue weighted by molar-refractivity contribution is 8.00. The van der Waals surface area contributed by atoms with Crippen LogP contribution in [0.15, 0.2) is 38.9 Å². The molecule has 1 aromatic carbocycles. The number of hydrogen-bond donors (Lipinski definition) is 2. The van der Waals surface area contributed by atoms with Crippen molar-refractivity contribution >= 4 is 55.5 Å². The maximum Gasteiger partial charge on any atom is 0.257 e. The van der Waals surface area contributed by atoms with Gasteiger partial charge in [0.05, 0.1) is 4.90 Å². The van der Waals surface area contributed by atoms with Crippen molar-refractivity contribution in [3.05, 3.63) is 51.2 Å². The molecule has 0 spiro atoms. The lowest BCUT2D eigenvalue weighted by Crippen LogP contribution is -2.21. The van der Waals surface area contributed by atoms with Crippen LogP contribution in [0.1, 0.15) is 26.4 Å². The van der Waals surface area contributed by atoms with Gasteiger partial charge < -0.3 is 0 Å². The van der Waals surface area contributed by atoms with Crippen molar-refractivity contribution in [2.24, 2.45) is 0 Å². The molecule has 1 amide bonds. The Kier molecular flexibility index (Phi) is 6.50. The summed E-state index contributed by atoms with van der Waals surface area (Å²) in [4.78, 5) is 13.9. The molecule has 7 nitrogen and oxygen atoms in total. The van der Waals surface area contributed by atoms with E-state index in [2.05, 4.69) is 26.3 Å². The molecule has 2 N–H and O–H groups in total. The molecule has 0 unspecified atom stereocenters. The molecule has 0 bridgehead atoms. The van der Waals surface area contributed by atoms with E-state index >= 15 is 0 Å². The van der Waals surface area contributed by atoms with Crippen LogP contribution in [0.25, 0.3) is 0 Å². The summed E-state index contributed by atoms with van der Waals surface area (Å²) in [7, 11) is -2.32. The Labute approximate surface area is 175 Å². The predicted octanol–water partition coefficient (Wildman–Crippen LogP) is 3.67. The molecule has 0 saturated heterocycles. The summed E-state index contributed by atoms with van der Waals surface area (Å²) in [5.74, 6) is 0.365. The molecule has 11 heteroatoms. The summed E-state index contributed by atoms with van der Waals surface area (Å²) in [5.41, 5.74) is 1.57. The number of nitrogens with zero attached hydrogens (tertiary/aromatic N) is 2. The van der Waals surface area contributed by atoms with Crippen LogP contribution in [-0.4, -0.2) is 31.6 Å². The zero-order valence-electron chi connectivity index (χ0n) is 15.3. The number of thiophene rings is 1. The quantitative estimate of drug-likeness (QED) is 0.417. The second-order valence-corrected chi connectivity index (χ2v) is 10.9. The Morgan fingerprint density at radius 3 is 2.71 bits per heavy atom. The van der Waals surface area contributed by atoms with Crippen LogP contribution in [0.3, 0.4) is 0 Å². The average Bonchev–Trinajstić information content (AvgIpc) is 3.33. The first kappa shape index (κ1) is 20.9. The van der Waals surface area contributed by atoms with Crippen molar-refractivity contribution in [2.75, 3.05) is 12.4 Å². The molecule has 2 heterocycles. The van der Waals surface area contributed by atoms with E-state index in [-0.39, 0.29) is 10.5 Å². The minimum atomic E-state index is -3.66. The molecule has 148 valence electrons. The third kappa shape index (κ3) is 4.78. The lowest BCUT2D eigenvalue weighted by Gasteiger charge is -2.11. The number of benzene rings is 1. The van der Waals surface area contributed by atoms with Crippen molar-refractivity contribution in [1.82, 2.24) is 14.9 Å². The maximum absolute atomic E-state index is 12.6. The lowest BCUT2D eigenvalue weighted by molar-refractivity contribution is 0.102. The van der Waals surface area contributed by atoms with Crippen LogP contribution in [-0.2, 0) is 15.8 Å². The number of aromatic nitrogens is 2. The minimum Gasteiger partial charge on any atom is -0.296 e. The highest BCUT2D eigenvalue weighted by Crippen LogP contribution is 2.30. The lowest BCUT2D eigenvalue weighted by atomic mass is 10.1. The Balaban J connectivity index is 1.75. The molecule has 0 aliphatic rings. The number of aryl methyl sites for hydroxylation is 1. The molecule has 0 aliphatic heterocycles. The van der Waals surface area contributed by atoms with Gasteiger partial charge in [0, 0.05) is 16.2 Å². The fourth-order valence-electron chi connectivity index (χ4n) is 2.36. The fourth-order valence-corrected chi connectivity index (χ4v) is 5.95. The first-order chi connectivity index (χ1) is 13.3. The topological polar surface area (TPSA) is 101 Å². The summed E-state index contributed by atoms with van der Waals surface area (Å²) in [6.45, 7) is 3.48. The highest BCUT2D eigenvalue weighted by atomic mass is 32.2. The highest BCUT2D eigenvalue weighted by Gasteiger charge is 2.20. The normalized spacial score (nSPS) is 11.5. The van der Waals surface area contributed by atoms with Crippen LogP contribution < -0.4 is 10.0 Å². The largest absolute Gasteiger partial charge is 0.296 e. The molecule has 0 fully saturated rings. The van der Waals surface area contributed by atoms with E-state index in [1.807, 2.05) is 11.4 Å². The van der Waals surface area contributed by atoms with Gasteiger partial charge in [0.1, 0.15) is 0 Å². The van der Waals surface area contributed by atoms with Crippen LogP contribution in [0, 0.1) is 13.8 Å². The van der Waals surface area contributed by atoms with Gasteiger partial charge in [0.25, 0.3) is 5.91 Å². The van der Waals surface area contributed by atoms with Gasteiger partial charge in [-0.1, -0.05) is 29.2 Å². The molecular formula is C17H18N4O3S4. The molecule has 0 atom stereocenters. The molecule has 2 aromatic heterocycles. The van der Waals surface area contributed by atoms with Crippen molar-refractivity contribution in [3.63, 3.8) is 0 Å². The number of rotatable bonds is 7. The Morgan fingerprint density at radius 1 is 1.25 bits per heavy atom. The van der Waals surface area contributed by atoms with Crippen LogP contribution in [0.2, 0.25) is 0 Å². The van der Waals surface area contributed by atoms with Crippen LogP contribution in [0.5, 0.6) is 0 Å². The monoisotopic (exact) mass is 454 g/mol. The number of nitrogens with one attached hydrogen (secondary N) is 2. The van der Waals surface area contributed by atoms with E-state index < -0.39 is 15.9 Å². The standard InChI is InChI=1S/C17H18N4O3S4/c1-10-7-12(8-14(11(10)2)28(23,24)18-3)15(22)19-16-20-21-17(27-16)26-9-13-5-4-6-25-13/h4-8,18H,9H2,1-3H3,(H,19,20,22). The van der Waals surface area contributed by atoms with E-state index in [1.165, 1.54) is 29.3 Å². The van der Waals surface area contributed by atoms with Crippen molar-refractivity contribution in [2.45, 2.75) is 28.8 Å². The van der Waals surface area contributed by atoms with Crippen molar-refractivity contribution in [3.8, 4) is 0 Å². The zero-order valence-corrected chi connectivity index (χ0v) is 18.6. The summed E-state index contributed by atoms with van der Waals surface area (Å²) in [6, 6.07) is 7.08. The van der Waals surface area contributed by atoms with E-state index in [0.29, 0.717) is 16.3 Å². The molecule has 0 radical (unpaired) electrons. The number of anilines is 1. The number of carbonyl (C=O) groups excluding carboxylic acids is 1. The van der Waals surface area contributed by atoms with Gasteiger partial charge in [-0.3, -0.25) is 10.1 Å². The maximum atomic E-state index is 12.6. The fraction of sp³-hybridized carbons (Fsp3) is 0.235. The third-order valence-electron chi connectivity index (χ3n) is 3.99. The Hall–Kier alpha value is -1.79. The van der Waals surface area contributed by atoms with E-state index in [4.69, 9.17) is 0 Å². The summed E-state index contributed by atoms with van der Waals surface area (Å²) >= 11 is 4.51. The molecule has 3 aromatic rings. The first-order valence-corrected chi connectivity index (χ1v) is 12.3. The molecule has 0 aliphatic carbocycles. The SMILES string of the molecule is CNS(=O)(=O)c1cc(C(=O)Nc2nnc(SCc3cccs3)s2)cc(C)c1C. The molecule has 0 saturated carbocycles. The van der Waals surface area contributed by atoms with Gasteiger partial charge >= 0.3 is 0 Å². The summed E-state index contributed by atoms with van der Waals surface area (Å²) in [5, 5.41) is 13.2. The van der Waals surface area contributed by atoms with Gasteiger partial charge in [-0.2, -0.15) is 0 Å². The first-order valence-electron chi connectivity index (χ1n) is 8.15. The van der Waals surface area contributed by atoms with E-state index in [9.17, 15) is 13.2 Å². The van der Waals surface area contributed by atoms with Gasteiger partial charge in [0.15, 0.2) is 4.34 Å². The van der Waals surface area contributed by atoms with Crippen LogP contribution in [0.4, 0.5) is 5.13 Å². The second kappa shape index (κ2) is 8.70.